The summed E-state index contributed by atoms with van der Waals surface area (Å²) in [5.74, 6) is 0. The van der Waals surface area contributed by atoms with Crippen LogP contribution < -0.4 is 5.32 Å². The average Bonchev–Trinajstić information content (AvgIpc) is 2.23. The quantitative estimate of drug-likeness (QED) is 0.733. The summed E-state index contributed by atoms with van der Waals surface area (Å²) < 4.78 is 0. The van der Waals surface area contributed by atoms with Crippen LogP contribution >= 0.6 is 0 Å². The van der Waals surface area contributed by atoms with Crippen LogP contribution in [-0.2, 0) is 5.60 Å². The Labute approximate surface area is 91.3 Å². The molecule has 1 heterocycles. The molecule has 0 unspecified atom stereocenters. The Hall–Kier alpha value is -0.860. The minimum Gasteiger partial charge on any atom is -0.385 e. The van der Waals surface area contributed by atoms with Crippen LogP contribution in [0.3, 0.4) is 0 Å². The van der Waals surface area contributed by atoms with Crippen molar-refractivity contribution in [1.82, 2.24) is 5.32 Å². The van der Waals surface area contributed by atoms with Gasteiger partial charge in [-0.15, -0.1) is 0 Å². The molecule has 1 aliphatic heterocycles. The predicted molar refractivity (Wildman–Crippen MR) is 61.9 cm³/mol. The first kappa shape index (κ1) is 10.7. The highest BCUT2D eigenvalue weighted by molar-refractivity contribution is 5.33. The summed E-state index contributed by atoms with van der Waals surface area (Å²) >= 11 is 0. The second-order valence-corrected chi connectivity index (χ2v) is 4.58. The van der Waals surface area contributed by atoms with E-state index in [1.807, 2.05) is 0 Å². The van der Waals surface area contributed by atoms with E-state index in [1.165, 1.54) is 11.1 Å². The van der Waals surface area contributed by atoms with Gasteiger partial charge in [0.05, 0.1) is 5.60 Å². The second-order valence-electron chi connectivity index (χ2n) is 4.58. The fourth-order valence-electron chi connectivity index (χ4n) is 2.16. The number of benzene rings is 1. The van der Waals surface area contributed by atoms with Crippen LogP contribution in [0.1, 0.15) is 29.5 Å². The number of nitrogens with one attached hydrogen (secondary N) is 1. The van der Waals surface area contributed by atoms with Crippen LogP contribution in [0.25, 0.3) is 0 Å². The van der Waals surface area contributed by atoms with Gasteiger partial charge in [-0.05, 0) is 56.5 Å². The lowest BCUT2D eigenvalue weighted by Gasteiger charge is -2.33. The van der Waals surface area contributed by atoms with Gasteiger partial charge in [-0.3, -0.25) is 0 Å². The highest BCUT2D eigenvalue weighted by atomic mass is 16.3. The number of hydrogen-bond donors (Lipinski definition) is 2. The van der Waals surface area contributed by atoms with Crippen molar-refractivity contribution < 1.29 is 5.11 Å². The maximum Gasteiger partial charge on any atom is 0.0920 e. The first-order valence-corrected chi connectivity index (χ1v) is 5.63. The Kier molecular flexibility index (Phi) is 2.81. The van der Waals surface area contributed by atoms with Crippen LogP contribution in [0.4, 0.5) is 0 Å². The summed E-state index contributed by atoms with van der Waals surface area (Å²) in [6.07, 6.45) is 1.63. The maximum absolute atomic E-state index is 10.5. The van der Waals surface area contributed by atoms with Crippen molar-refractivity contribution >= 4 is 0 Å². The zero-order valence-electron chi connectivity index (χ0n) is 9.51. The van der Waals surface area contributed by atoms with Crippen molar-refractivity contribution in [3.8, 4) is 0 Å². The van der Waals surface area contributed by atoms with Crippen molar-refractivity contribution in [3.63, 3.8) is 0 Å². The second kappa shape index (κ2) is 3.95. The van der Waals surface area contributed by atoms with Gasteiger partial charge in [-0.2, -0.15) is 0 Å². The van der Waals surface area contributed by atoms with Gasteiger partial charge in [-0.25, -0.2) is 0 Å². The fourth-order valence-corrected chi connectivity index (χ4v) is 2.16. The van der Waals surface area contributed by atoms with E-state index in [0.29, 0.717) is 0 Å². The molecule has 0 aliphatic carbocycles. The standard InChI is InChI=1S/C13H19NO/c1-10-3-4-12(9-11(10)2)13(15)5-7-14-8-6-13/h3-4,9,14-15H,5-8H2,1-2H3. The number of hydrogen-bond acceptors (Lipinski definition) is 2. The van der Waals surface area contributed by atoms with Gasteiger partial charge in [0, 0.05) is 0 Å². The SMILES string of the molecule is Cc1ccc(C2(O)CCNCC2)cc1C. The Morgan fingerprint density at radius 2 is 1.80 bits per heavy atom. The Morgan fingerprint density at radius 1 is 1.13 bits per heavy atom. The number of aryl methyl sites for hydroxylation is 2. The molecular weight excluding hydrogens is 186 g/mol. The van der Waals surface area contributed by atoms with Gasteiger partial charge in [0.2, 0.25) is 0 Å². The molecule has 1 aliphatic rings. The van der Waals surface area contributed by atoms with Crippen molar-refractivity contribution in [2.75, 3.05) is 13.1 Å². The van der Waals surface area contributed by atoms with E-state index in [9.17, 15) is 5.11 Å². The third-order valence-electron chi connectivity index (χ3n) is 3.47. The van der Waals surface area contributed by atoms with Gasteiger partial charge in [0.1, 0.15) is 0 Å². The third kappa shape index (κ3) is 2.06. The smallest absolute Gasteiger partial charge is 0.0920 e. The summed E-state index contributed by atoms with van der Waals surface area (Å²) in [5.41, 5.74) is 3.02. The molecular formula is C13H19NO. The maximum atomic E-state index is 10.5. The summed E-state index contributed by atoms with van der Waals surface area (Å²) in [6, 6.07) is 6.29. The van der Waals surface area contributed by atoms with E-state index in [0.717, 1.165) is 31.5 Å². The lowest BCUT2D eigenvalue weighted by molar-refractivity contribution is 0.00588. The minimum atomic E-state index is -0.607. The van der Waals surface area contributed by atoms with Gasteiger partial charge in [0.25, 0.3) is 0 Å². The molecule has 0 radical (unpaired) electrons. The topological polar surface area (TPSA) is 32.3 Å². The van der Waals surface area contributed by atoms with Crippen LogP contribution in [0.15, 0.2) is 18.2 Å². The molecule has 0 saturated carbocycles. The van der Waals surface area contributed by atoms with E-state index in [-0.39, 0.29) is 0 Å². The van der Waals surface area contributed by atoms with Crippen LogP contribution in [0.5, 0.6) is 0 Å². The molecule has 82 valence electrons. The first-order valence-electron chi connectivity index (χ1n) is 5.63. The first-order chi connectivity index (χ1) is 7.12. The molecule has 1 saturated heterocycles. The zero-order chi connectivity index (χ0) is 10.9. The fraction of sp³-hybridized carbons (Fsp3) is 0.538. The Bertz CT molecular complexity index is 354. The van der Waals surface area contributed by atoms with Crippen molar-refractivity contribution in [3.05, 3.63) is 34.9 Å². The molecule has 2 heteroatoms. The van der Waals surface area contributed by atoms with Crippen LogP contribution in [0, 0.1) is 13.8 Å². The van der Waals surface area contributed by atoms with E-state index in [2.05, 4.69) is 37.4 Å². The zero-order valence-corrected chi connectivity index (χ0v) is 9.51. The minimum absolute atomic E-state index is 0.607. The van der Waals surface area contributed by atoms with Crippen LogP contribution in [-0.4, -0.2) is 18.2 Å². The molecule has 1 aromatic carbocycles. The molecule has 0 aromatic heterocycles. The van der Waals surface area contributed by atoms with E-state index in [1.54, 1.807) is 0 Å². The largest absolute Gasteiger partial charge is 0.385 e. The number of piperidine rings is 1. The van der Waals surface area contributed by atoms with E-state index in [4.69, 9.17) is 0 Å². The third-order valence-corrected chi connectivity index (χ3v) is 3.47. The van der Waals surface area contributed by atoms with Gasteiger partial charge >= 0.3 is 0 Å². The highest BCUT2D eigenvalue weighted by Crippen LogP contribution is 2.31. The summed E-state index contributed by atoms with van der Waals surface area (Å²) in [7, 11) is 0. The lowest BCUT2D eigenvalue weighted by atomic mass is 9.84. The number of rotatable bonds is 1. The van der Waals surface area contributed by atoms with Gasteiger partial charge in [0.15, 0.2) is 0 Å². The number of aliphatic hydroxyl groups is 1. The molecule has 15 heavy (non-hydrogen) atoms. The van der Waals surface area contributed by atoms with E-state index < -0.39 is 5.60 Å². The molecule has 1 aromatic rings. The van der Waals surface area contributed by atoms with Gasteiger partial charge < -0.3 is 10.4 Å². The average molecular weight is 205 g/mol. The summed E-state index contributed by atoms with van der Waals surface area (Å²) in [5, 5.41) is 13.8. The summed E-state index contributed by atoms with van der Waals surface area (Å²) in [6.45, 7) is 6.02. The normalized spacial score (nSPS) is 20.2. The molecule has 0 atom stereocenters. The van der Waals surface area contributed by atoms with Crippen molar-refractivity contribution in [2.24, 2.45) is 0 Å². The molecule has 2 N–H and O–H groups in total. The molecule has 1 fully saturated rings. The molecule has 0 amide bonds. The van der Waals surface area contributed by atoms with Crippen molar-refractivity contribution in [2.45, 2.75) is 32.3 Å². The lowest BCUT2D eigenvalue weighted by Crippen LogP contribution is -2.39. The van der Waals surface area contributed by atoms with Crippen LogP contribution in [0.2, 0.25) is 0 Å². The Morgan fingerprint density at radius 3 is 2.40 bits per heavy atom. The molecule has 0 bridgehead atoms. The highest BCUT2D eigenvalue weighted by Gasteiger charge is 2.30. The predicted octanol–water partition coefficient (Wildman–Crippen LogP) is 1.87. The van der Waals surface area contributed by atoms with Crippen molar-refractivity contribution in [1.29, 1.82) is 0 Å². The molecule has 2 rings (SSSR count). The summed E-state index contributed by atoms with van der Waals surface area (Å²) in [4.78, 5) is 0. The monoisotopic (exact) mass is 205 g/mol. The van der Waals surface area contributed by atoms with Gasteiger partial charge in [-0.1, -0.05) is 18.2 Å². The molecule has 0 spiro atoms. The Balaban J connectivity index is 2.31. The molecule has 2 nitrogen and oxygen atoms in total. The van der Waals surface area contributed by atoms with E-state index >= 15 is 0 Å².